The van der Waals surface area contributed by atoms with Gasteiger partial charge in [0.2, 0.25) is 0 Å². The molecule has 0 aliphatic carbocycles. The third-order valence-electron chi connectivity index (χ3n) is 2.75. The summed E-state index contributed by atoms with van der Waals surface area (Å²) in [4.78, 5) is 12.0. The molecule has 92 valence electrons. The van der Waals surface area contributed by atoms with Crippen molar-refractivity contribution in [3.05, 3.63) is 63.6 Å². The molecule has 0 aliphatic heterocycles. The summed E-state index contributed by atoms with van der Waals surface area (Å²) < 4.78 is 1.00. The van der Waals surface area contributed by atoms with Gasteiger partial charge >= 0.3 is 0 Å². The Morgan fingerprint density at radius 1 is 1.22 bits per heavy atom. The molecule has 3 heteroatoms. The second-order valence-corrected chi connectivity index (χ2v) is 5.95. The lowest BCUT2D eigenvalue weighted by molar-refractivity contribution is 0.112. The van der Waals surface area contributed by atoms with Gasteiger partial charge in [0, 0.05) is 20.7 Å². The number of hydrogen-bond acceptors (Lipinski definition) is 2. The number of aryl methyl sites for hydroxylation is 1. The van der Waals surface area contributed by atoms with Crippen LogP contribution < -0.4 is 0 Å². The van der Waals surface area contributed by atoms with Gasteiger partial charge < -0.3 is 0 Å². The summed E-state index contributed by atoms with van der Waals surface area (Å²) in [5.74, 6) is 0.879. The highest BCUT2D eigenvalue weighted by Crippen LogP contribution is 2.29. The Hall–Kier alpha value is -1.06. The van der Waals surface area contributed by atoms with E-state index in [0.717, 1.165) is 27.0 Å². The Labute approximate surface area is 120 Å². The molecule has 0 bridgehead atoms. The number of rotatable bonds is 4. The average Bonchev–Trinajstić information content (AvgIpc) is 2.38. The molecule has 2 rings (SSSR count). The smallest absolute Gasteiger partial charge is 0.151 e. The maximum Gasteiger partial charge on any atom is 0.151 e. The Kier molecular flexibility index (Phi) is 4.61. The zero-order valence-corrected chi connectivity index (χ0v) is 12.4. The van der Waals surface area contributed by atoms with Crippen LogP contribution >= 0.6 is 27.7 Å². The minimum atomic E-state index is 0.747. The molecule has 0 aromatic heterocycles. The fourth-order valence-corrected chi connectivity index (χ4v) is 3.30. The lowest BCUT2D eigenvalue weighted by Gasteiger charge is -2.07. The molecule has 0 fully saturated rings. The summed E-state index contributed by atoms with van der Waals surface area (Å²) in [6.07, 6.45) is 0.909. The maximum absolute atomic E-state index is 11.0. The number of thioether (sulfide) groups is 1. The van der Waals surface area contributed by atoms with E-state index in [9.17, 15) is 4.79 Å². The van der Waals surface area contributed by atoms with Crippen LogP contribution in [-0.2, 0) is 5.75 Å². The summed E-state index contributed by atoms with van der Waals surface area (Å²) in [6, 6.07) is 14.0. The van der Waals surface area contributed by atoms with Gasteiger partial charge in [0.1, 0.15) is 0 Å². The van der Waals surface area contributed by atoms with Crippen molar-refractivity contribution in [1.82, 2.24) is 0 Å². The predicted octanol–water partition coefficient (Wildman–Crippen LogP) is 4.86. The van der Waals surface area contributed by atoms with Gasteiger partial charge in [-0.15, -0.1) is 11.8 Å². The van der Waals surface area contributed by atoms with Gasteiger partial charge in [-0.3, -0.25) is 4.79 Å². The van der Waals surface area contributed by atoms with E-state index in [2.05, 4.69) is 35.0 Å². The topological polar surface area (TPSA) is 17.1 Å². The Morgan fingerprint density at radius 3 is 2.72 bits per heavy atom. The quantitative estimate of drug-likeness (QED) is 0.591. The van der Waals surface area contributed by atoms with Crippen LogP contribution in [0.1, 0.15) is 21.5 Å². The summed E-state index contributed by atoms with van der Waals surface area (Å²) in [5.41, 5.74) is 3.34. The minimum absolute atomic E-state index is 0.747. The molecule has 0 aliphatic rings. The SMILES string of the molecule is Cc1ccccc1CSc1cc(Br)ccc1C=O. The van der Waals surface area contributed by atoms with Gasteiger partial charge in [0.05, 0.1) is 0 Å². The number of benzene rings is 2. The Bertz CT molecular complexity index is 566. The monoisotopic (exact) mass is 320 g/mol. The predicted molar refractivity (Wildman–Crippen MR) is 80.3 cm³/mol. The van der Waals surface area contributed by atoms with Crippen LogP contribution in [0.3, 0.4) is 0 Å². The van der Waals surface area contributed by atoms with Crippen LogP contribution in [0.4, 0.5) is 0 Å². The van der Waals surface area contributed by atoms with Crippen molar-refractivity contribution in [2.75, 3.05) is 0 Å². The molecule has 0 N–H and O–H groups in total. The van der Waals surface area contributed by atoms with Crippen molar-refractivity contribution < 1.29 is 4.79 Å². The Balaban J connectivity index is 2.18. The van der Waals surface area contributed by atoms with E-state index in [1.165, 1.54) is 11.1 Å². The van der Waals surface area contributed by atoms with Crippen LogP contribution in [0.25, 0.3) is 0 Å². The van der Waals surface area contributed by atoms with Gasteiger partial charge in [0.25, 0.3) is 0 Å². The minimum Gasteiger partial charge on any atom is -0.298 e. The summed E-state index contributed by atoms with van der Waals surface area (Å²) >= 11 is 5.13. The van der Waals surface area contributed by atoms with Crippen molar-refractivity contribution in [2.24, 2.45) is 0 Å². The van der Waals surface area contributed by atoms with Gasteiger partial charge in [-0.1, -0.05) is 40.2 Å². The molecular formula is C15H13BrOS. The van der Waals surface area contributed by atoms with Gasteiger partial charge in [-0.25, -0.2) is 0 Å². The van der Waals surface area contributed by atoms with Gasteiger partial charge in [-0.2, -0.15) is 0 Å². The number of carbonyl (C=O) groups is 1. The molecule has 0 amide bonds. The lowest BCUT2D eigenvalue weighted by atomic mass is 10.1. The molecule has 0 heterocycles. The van der Waals surface area contributed by atoms with E-state index in [1.54, 1.807) is 11.8 Å². The van der Waals surface area contributed by atoms with Crippen molar-refractivity contribution in [2.45, 2.75) is 17.6 Å². The molecule has 0 unspecified atom stereocenters. The first kappa shape index (κ1) is 13.4. The highest BCUT2D eigenvalue weighted by Gasteiger charge is 2.05. The van der Waals surface area contributed by atoms with Gasteiger partial charge in [-0.05, 0) is 36.2 Å². The maximum atomic E-state index is 11.0. The second-order valence-electron chi connectivity index (χ2n) is 4.02. The third-order valence-corrected chi connectivity index (χ3v) is 4.36. The number of carbonyl (C=O) groups excluding carboxylic acids is 1. The standard InChI is InChI=1S/C15H13BrOS/c1-11-4-2-3-5-13(11)10-18-15-8-14(16)7-6-12(15)9-17/h2-9H,10H2,1H3. The fraction of sp³-hybridized carbons (Fsp3) is 0.133. The van der Waals surface area contributed by atoms with E-state index >= 15 is 0 Å². The van der Waals surface area contributed by atoms with Crippen molar-refractivity contribution >= 4 is 34.0 Å². The van der Waals surface area contributed by atoms with Crippen LogP contribution in [-0.4, -0.2) is 6.29 Å². The van der Waals surface area contributed by atoms with Crippen LogP contribution in [0.2, 0.25) is 0 Å². The molecule has 0 saturated carbocycles. The van der Waals surface area contributed by atoms with E-state index in [0.29, 0.717) is 0 Å². The van der Waals surface area contributed by atoms with E-state index in [1.807, 2.05) is 30.3 Å². The largest absolute Gasteiger partial charge is 0.298 e. The first-order valence-electron chi connectivity index (χ1n) is 5.63. The van der Waals surface area contributed by atoms with E-state index in [-0.39, 0.29) is 0 Å². The summed E-state index contributed by atoms with van der Waals surface area (Å²) in [6.45, 7) is 2.11. The molecule has 2 aromatic carbocycles. The molecule has 0 saturated heterocycles. The van der Waals surface area contributed by atoms with Crippen LogP contribution in [0.15, 0.2) is 51.8 Å². The number of aldehydes is 1. The van der Waals surface area contributed by atoms with E-state index in [4.69, 9.17) is 0 Å². The molecule has 0 atom stereocenters. The average molecular weight is 321 g/mol. The second kappa shape index (κ2) is 6.21. The zero-order chi connectivity index (χ0) is 13.0. The van der Waals surface area contributed by atoms with Crippen molar-refractivity contribution in [1.29, 1.82) is 0 Å². The molecule has 18 heavy (non-hydrogen) atoms. The Morgan fingerprint density at radius 2 is 2.00 bits per heavy atom. The first-order valence-corrected chi connectivity index (χ1v) is 7.40. The first-order chi connectivity index (χ1) is 8.70. The van der Waals surface area contributed by atoms with Crippen LogP contribution in [0, 0.1) is 6.92 Å². The third kappa shape index (κ3) is 3.24. The molecule has 0 radical (unpaired) electrons. The number of halogens is 1. The fourth-order valence-electron chi connectivity index (χ4n) is 1.66. The molecular weight excluding hydrogens is 308 g/mol. The normalized spacial score (nSPS) is 10.3. The lowest BCUT2D eigenvalue weighted by Crippen LogP contribution is -1.89. The highest BCUT2D eigenvalue weighted by atomic mass is 79.9. The van der Waals surface area contributed by atoms with E-state index < -0.39 is 0 Å². The van der Waals surface area contributed by atoms with Crippen molar-refractivity contribution in [3.8, 4) is 0 Å². The molecule has 2 aromatic rings. The summed E-state index contributed by atoms with van der Waals surface area (Å²) in [7, 11) is 0. The van der Waals surface area contributed by atoms with Crippen LogP contribution in [0.5, 0.6) is 0 Å². The summed E-state index contributed by atoms with van der Waals surface area (Å²) in [5, 5.41) is 0. The molecule has 0 spiro atoms. The van der Waals surface area contributed by atoms with Crippen molar-refractivity contribution in [3.63, 3.8) is 0 Å². The molecule has 1 nitrogen and oxygen atoms in total. The number of hydrogen-bond donors (Lipinski definition) is 0. The van der Waals surface area contributed by atoms with Gasteiger partial charge in [0.15, 0.2) is 6.29 Å². The highest BCUT2D eigenvalue weighted by molar-refractivity contribution is 9.10. The zero-order valence-electron chi connectivity index (χ0n) is 10.0.